The standard InChI is InChI=1S/C20H23N3O6S2/c1-12-17(19(26)29-3)30-20(21-12)22-18(25)15-8-10-23(11-9-15)31(27,28)16-6-4-14(5-7-16)13(2)24/h4-7,15H,8-11H2,1-3H3,(H,21,22,25). The molecule has 1 amide bonds. The van der Waals surface area contributed by atoms with Crippen molar-refractivity contribution >= 4 is 44.2 Å². The Morgan fingerprint density at radius 3 is 2.32 bits per heavy atom. The number of piperidine rings is 1. The normalized spacial score (nSPS) is 15.5. The molecule has 1 fully saturated rings. The molecule has 1 aliphatic rings. The Labute approximate surface area is 184 Å². The first-order valence-corrected chi connectivity index (χ1v) is 11.9. The number of carbonyl (C=O) groups is 3. The number of aromatic nitrogens is 1. The fourth-order valence-electron chi connectivity index (χ4n) is 3.31. The molecule has 0 atom stereocenters. The number of hydrogen-bond donors (Lipinski definition) is 1. The number of nitrogens with one attached hydrogen (secondary N) is 1. The topological polar surface area (TPSA) is 123 Å². The van der Waals surface area contributed by atoms with E-state index in [9.17, 15) is 22.8 Å². The maximum atomic E-state index is 12.9. The molecule has 1 aromatic heterocycles. The molecule has 0 unspecified atom stereocenters. The van der Waals surface area contributed by atoms with E-state index in [0.717, 1.165) is 11.3 Å². The quantitative estimate of drug-likeness (QED) is 0.513. The van der Waals surface area contributed by atoms with Gasteiger partial charge in [0.05, 0.1) is 17.7 Å². The van der Waals surface area contributed by atoms with E-state index in [1.807, 2.05) is 0 Å². The summed E-state index contributed by atoms with van der Waals surface area (Å²) in [5, 5.41) is 3.02. The summed E-state index contributed by atoms with van der Waals surface area (Å²) in [5.41, 5.74) is 0.922. The summed E-state index contributed by atoms with van der Waals surface area (Å²) in [6.45, 7) is 3.49. The van der Waals surface area contributed by atoms with E-state index in [1.54, 1.807) is 6.92 Å². The Hall–Kier alpha value is -2.63. The van der Waals surface area contributed by atoms with Crippen molar-refractivity contribution in [2.24, 2.45) is 5.92 Å². The molecule has 1 aliphatic heterocycles. The average molecular weight is 466 g/mol. The molecule has 166 valence electrons. The molecule has 0 radical (unpaired) electrons. The van der Waals surface area contributed by atoms with Gasteiger partial charge in [0.1, 0.15) is 4.88 Å². The number of carbonyl (C=O) groups excluding carboxylic acids is 3. The van der Waals surface area contributed by atoms with Crippen LogP contribution in [0.4, 0.5) is 5.13 Å². The largest absolute Gasteiger partial charge is 0.465 e. The van der Waals surface area contributed by atoms with Crippen LogP contribution in [0.3, 0.4) is 0 Å². The van der Waals surface area contributed by atoms with E-state index < -0.39 is 16.0 Å². The Bertz CT molecular complexity index is 1100. The highest BCUT2D eigenvalue weighted by molar-refractivity contribution is 7.89. The van der Waals surface area contributed by atoms with Crippen molar-refractivity contribution in [1.82, 2.24) is 9.29 Å². The second kappa shape index (κ2) is 9.25. The van der Waals surface area contributed by atoms with Crippen molar-refractivity contribution in [3.05, 3.63) is 40.4 Å². The lowest BCUT2D eigenvalue weighted by Gasteiger charge is -2.30. The second-order valence-corrected chi connectivity index (χ2v) is 10.1. The maximum Gasteiger partial charge on any atom is 0.350 e. The van der Waals surface area contributed by atoms with Gasteiger partial charge in [-0.3, -0.25) is 9.59 Å². The van der Waals surface area contributed by atoms with Gasteiger partial charge in [0.2, 0.25) is 15.9 Å². The van der Waals surface area contributed by atoms with Gasteiger partial charge in [-0.1, -0.05) is 23.5 Å². The first-order valence-electron chi connectivity index (χ1n) is 9.61. The fourth-order valence-corrected chi connectivity index (χ4v) is 5.67. The van der Waals surface area contributed by atoms with Crippen LogP contribution in [-0.4, -0.2) is 55.6 Å². The van der Waals surface area contributed by atoms with Crippen molar-refractivity contribution in [2.45, 2.75) is 31.6 Å². The van der Waals surface area contributed by atoms with Crippen LogP contribution in [-0.2, 0) is 19.6 Å². The van der Waals surface area contributed by atoms with Crippen LogP contribution in [0.2, 0.25) is 0 Å². The van der Waals surface area contributed by atoms with E-state index in [4.69, 9.17) is 0 Å². The second-order valence-electron chi connectivity index (χ2n) is 7.17. The summed E-state index contributed by atoms with van der Waals surface area (Å²) in [4.78, 5) is 40.3. The third kappa shape index (κ3) is 5.00. The third-order valence-electron chi connectivity index (χ3n) is 5.12. The number of rotatable bonds is 6. The number of benzene rings is 1. The Balaban J connectivity index is 1.61. The van der Waals surface area contributed by atoms with Crippen molar-refractivity contribution in [2.75, 3.05) is 25.5 Å². The number of esters is 1. The molecule has 0 bridgehead atoms. The molecule has 0 aliphatic carbocycles. The van der Waals surface area contributed by atoms with Crippen molar-refractivity contribution < 1.29 is 27.5 Å². The molecule has 2 heterocycles. The van der Waals surface area contributed by atoms with Gasteiger partial charge in [-0.2, -0.15) is 4.31 Å². The minimum absolute atomic E-state index is 0.119. The van der Waals surface area contributed by atoms with Crippen LogP contribution in [0.15, 0.2) is 29.2 Å². The number of Topliss-reactive ketones (excluding diaryl/α,β-unsaturated/α-hetero) is 1. The van der Waals surface area contributed by atoms with E-state index in [2.05, 4.69) is 15.0 Å². The highest BCUT2D eigenvalue weighted by Crippen LogP contribution is 2.27. The number of ether oxygens (including phenoxy) is 1. The van der Waals surface area contributed by atoms with Crippen LogP contribution in [0.1, 0.15) is 45.5 Å². The molecular weight excluding hydrogens is 442 g/mol. The molecule has 1 saturated heterocycles. The zero-order valence-electron chi connectivity index (χ0n) is 17.4. The lowest BCUT2D eigenvalue weighted by Crippen LogP contribution is -2.41. The van der Waals surface area contributed by atoms with E-state index in [0.29, 0.717) is 34.1 Å². The monoisotopic (exact) mass is 465 g/mol. The smallest absolute Gasteiger partial charge is 0.350 e. The number of thiazole rings is 1. The summed E-state index contributed by atoms with van der Waals surface area (Å²) < 4.78 is 31.8. The lowest BCUT2D eigenvalue weighted by atomic mass is 9.97. The first-order chi connectivity index (χ1) is 14.6. The highest BCUT2D eigenvalue weighted by atomic mass is 32.2. The lowest BCUT2D eigenvalue weighted by molar-refractivity contribution is -0.120. The predicted molar refractivity (Wildman–Crippen MR) is 115 cm³/mol. The molecule has 3 rings (SSSR count). The summed E-state index contributed by atoms with van der Waals surface area (Å²) in [6, 6.07) is 5.84. The van der Waals surface area contributed by atoms with Crippen LogP contribution in [0.25, 0.3) is 0 Å². The first kappa shape index (κ1) is 23.0. The number of sulfonamides is 1. The molecule has 0 spiro atoms. The highest BCUT2D eigenvalue weighted by Gasteiger charge is 2.32. The molecule has 1 aromatic carbocycles. The van der Waals surface area contributed by atoms with Crippen molar-refractivity contribution in [3.63, 3.8) is 0 Å². The van der Waals surface area contributed by atoms with Crippen LogP contribution in [0, 0.1) is 12.8 Å². The molecule has 11 heteroatoms. The van der Waals surface area contributed by atoms with Crippen molar-refractivity contribution in [1.29, 1.82) is 0 Å². The van der Waals surface area contributed by atoms with Gasteiger partial charge in [-0.05, 0) is 38.8 Å². The SMILES string of the molecule is COC(=O)c1sc(NC(=O)C2CCN(S(=O)(=O)c3ccc(C(C)=O)cc3)CC2)nc1C. The van der Waals surface area contributed by atoms with Gasteiger partial charge in [-0.25, -0.2) is 18.2 Å². The minimum atomic E-state index is -3.70. The van der Waals surface area contributed by atoms with Gasteiger partial charge in [-0.15, -0.1) is 0 Å². The third-order valence-corrected chi connectivity index (χ3v) is 8.09. The predicted octanol–water partition coefficient (Wildman–Crippen LogP) is 2.48. The van der Waals surface area contributed by atoms with E-state index in [-0.39, 0.29) is 35.6 Å². The molecule has 1 N–H and O–H groups in total. The van der Waals surface area contributed by atoms with Gasteiger partial charge >= 0.3 is 5.97 Å². The number of methoxy groups -OCH3 is 1. The van der Waals surface area contributed by atoms with Crippen LogP contribution in [0.5, 0.6) is 0 Å². The summed E-state index contributed by atoms with van der Waals surface area (Å²) in [6.07, 6.45) is 0.732. The van der Waals surface area contributed by atoms with Gasteiger partial charge in [0, 0.05) is 24.6 Å². The zero-order chi connectivity index (χ0) is 22.8. The summed E-state index contributed by atoms with van der Waals surface area (Å²) in [7, 11) is -2.42. The van der Waals surface area contributed by atoms with Gasteiger partial charge < -0.3 is 10.1 Å². The fraction of sp³-hybridized carbons (Fsp3) is 0.400. The van der Waals surface area contributed by atoms with E-state index >= 15 is 0 Å². The summed E-state index contributed by atoms with van der Waals surface area (Å²) in [5.74, 6) is -1.26. The molecular formula is C20H23N3O6S2. The molecule has 0 saturated carbocycles. The Morgan fingerprint density at radius 2 is 1.77 bits per heavy atom. The number of nitrogens with zero attached hydrogens (tertiary/aromatic N) is 2. The van der Waals surface area contributed by atoms with Crippen LogP contribution < -0.4 is 5.32 Å². The molecule has 2 aromatic rings. The van der Waals surface area contributed by atoms with Gasteiger partial charge in [0.25, 0.3) is 0 Å². The number of aryl methyl sites for hydroxylation is 1. The minimum Gasteiger partial charge on any atom is -0.465 e. The average Bonchev–Trinajstić information content (AvgIpc) is 3.13. The Morgan fingerprint density at radius 1 is 1.16 bits per heavy atom. The van der Waals surface area contributed by atoms with E-state index in [1.165, 1.54) is 42.6 Å². The number of anilines is 1. The van der Waals surface area contributed by atoms with Crippen molar-refractivity contribution in [3.8, 4) is 0 Å². The molecule has 31 heavy (non-hydrogen) atoms. The number of ketones is 1. The number of hydrogen-bond acceptors (Lipinski definition) is 8. The van der Waals surface area contributed by atoms with Gasteiger partial charge in [0.15, 0.2) is 10.9 Å². The van der Waals surface area contributed by atoms with Crippen LogP contribution >= 0.6 is 11.3 Å². The summed E-state index contributed by atoms with van der Waals surface area (Å²) >= 11 is 1.04. The molecule has 9 nitrogen and oxygen atoms in total. The maximum absolute atomic E-state index is 12.9. The Kier molecular flexibility index (Phi) is 6.87. The zero-order valence-corrected chi connectivity index (χ0v) is 19.0. The number of amides is 1.